The van der Waals surface area contributed by atoms with Gasteiger partial charge in [0.1, 0.15) is 0 Å². The van der Waals surface area contributed by atoms with Gasteiger partial charge in [-0.3, -0.25) is 0 Å². The van der Waals surface area contributed by atoms with Crippen LogP contribution in [0.15, 0.2) is 12.2 Å². The smallest absolute Gasteiger partial charge is 0.0132 e. The minimum absolute atomic E-state index is 0.0611. The van der Waals surface area contributed by atoms with Crippen molar-refractivity contribution in [2.75, 3.05) is 0 Å². The van der Waals surface area contributed by atoms with Crippen molar-refractivity contribution in [2.24, 2.45) is 11.1 Å². The third kappa shape index (κ3) is 9.70. The normalized spacial score (nSPS) is 14.2. The zero-order valence-electron chi connectivity index (χ0n) is 9.15. The van der Waals surface area contributed by atoms with Gasteiger partial charge in [0.2, 0.25) is 0 Å². The fourth-order valence-electron chi connectivity index (χ4n) is 0.824. The van der Waals surface area contributed by atoms with Gasteiger partial charge in [0.05, 0.1) is 0 Å². The van der Waals surface area contributed by atoms with E-state index in [9.17, 15) is 0 Å². The summed E-state index contributed by atoms with van der Waals surface area (Å²) in [6.07, 6.45) is 6.51. The van der Waals surface area contributed by atoms with Gasteiger partial charge in [-0.05, 0) is 32.1 Å². The van der Waals surface area contributed by atoms with Gasteiger partial charge in [0.15, 0.2) is 0 Å². The second-order valence-corrected chi connectivity index (χ2v) is 5.43. The van der Waals surface area contributed by atoms with E-state index in [0.717, 1.165) is 12.8 Å². The second-order valence-electron chi connectivity index (χ2n) is 5.43. The Hall–Kier alpha value is -0.300. The molecule has 2 N–H and O–H groups in total. The van der Waals surface area contributed by atoms with Crippen LogP contribution in [-0.2, 0) is 0 Å². The van der Waals surface area contributed by atoms with Crippen LogP contribution in [0.5, 0.6) is 0 Å². The van der Waals surface area contributed by atoms with E-state index in [2.05, 4.69) is 46.8 Å². The molecular formula is C11H23N. The first-order valence-electron chi connectivity index (χ1n) is 4.65. The summed E-state index contributed by atoms with van der Waals surface area (Å²) < 4.78 is 0. The fraction of sp³-hybridized carbons (Fsp3) is 0.818. The molecule has 0 saturated carbocycles. The number of nitrogens with two attached hydrogens (primary N) is 1. The average Bonchev–Trinajstić information content (AvgIpc) is 1.76. The lowest BCUT2D eigenvalue weighted by molar-refractivity contribution is 0.419. The Morgan fingerprint density at radius 3 is 1.67 bits per heavy atom. The molecule has 0 radical (unpaired) electrons. The number of hydrogen-bond acceptors (Lipinski definition) is 1. The molecule has 0 bridgehead atoms. The lowest BCUT2D eigenvalue weighted by atomic mass is 9.91. The summed E-state index contributed by atoms with van der Waals surface area (Å²) in [7, 11) is 0. The lowest BCUT2D eigenvalue weighted by Crippen LogP contribution is -2.30. The molecule has 0 spiro atoms. The highest BCUT2D eigenvalue weighted by Crippen LogP contribution is 2.19. The van der Waals surface area contributed by atoms with Gasteiger partial charge in [-0.25, -0.2) is 0 Å². The summed E-state index contributed by atoms with van der Waals surface area (Å²) in [6.45, 7) is 10.8. The first-order valence-corrected chi connectivity index (χ1v) is 4.65. The predicted molar refractivity (Wildman–Crippen MR) is 56.1 cm³/mol. The monoisotopic (exact) mass is 169 g/mol. The van der Waals surface area contributed by atoms with Crippen LogP contribution in [0.3, 0.4) is 0 Å². The molecule has 0 saturated heterocycles. The van der Waals surface area contributed by atoms with Crippen molar-refractivity contribution in [2.45, 2.75) is 53.0 Å². The van der Waals surface area contributed by atoms with Gasteiger partial charge in [-0.1, -0.05) is 32.9 Å². The van der Waals surface area contributed by atoms with Crippen LogP contribution in [0.1, 0.15) is 47.5 Å². The van der Waals surface area contributed by atoms with E-state index in [1.54, 1.807) is 0 Å². The van der Waals surface area contributed by atoms with E-state index in [-0.39, 0.29) is 5.54 Å². The molecule has 0 fully saturated rings. The summed E-state index contributed by atoms with van der Waals surface area (Å²) in [5, 5.41) is 0. The van der Waals surface area contributed by atoms with E-state index in [4.69, 9.17) is 5.73 Å². The fourth-order valence-corrected chi connectivity index (χ4v) is 0.824. The molecule has 12 heavy (non-hydrogen) atoms. The summed E-state index contributed by atoms with van der Waals surface area (Å²) in [4.78, 5) is 0. The van der Waals surface area contributed by atoms with E-state index >= 15 is 0 Å². The summed E-state index contributed by atoms with van der Waals surface area (Å²) >= 11 is 0. The van der Waals surface area contributed by atoms with E-state index < -0.39 is 0 Å². The Labute approximate surface area is 77.0 Å². The molecule has 0 amide bonds. The highest BCUT2D eigenvalue weighted by molar-refractivity contribution is 4.91. The van der Waals surface area contributed by atoms with Gasteiger partial charge >= 0.3 is 0 Å². The third-order valence-electron chi connectivity index (χ3n) is 1.54. The molecule has 0 rings (SSSR count). The van der Waals surface area contributed by atoms with Crippen molar-refractivity contribution in [3.05, 3.63) is 12.2 Å². The van der Waals surface area contributed by atoms with Gasteiger partial charge in [-0.15, -0.1) is 0 Å². The Balaban J connectivity index is 3.66. The Morgan fingerprint density at radius 1 is 0.917 bits per heavy atom. The lowest BCUT2D eigenvalue weighted by Gasteiger charge is -2.17. The minimum Gasteiger partial charge on any atom is -0.325 e. The first kappa shape index (κ1) is 11.7. The van der Waals surface area contributed by atoms with Gasteiger partial charge in [0.25, 0.3) is 0 Å². The van der Waals surface area contributed by atoms with Crippen molar-refractivity contribution in [3.63, 3.8) is 0 Å². The van der Waals surface area contributed by atoms with Crippen LogP contribution in [0.2, 0.25) is 0 Å². The largest absolute Gasteiger partial charge is 0.325 e. The van der Waals surface area contributed by atoms with Crippen LogP contribution < -0.4 is 5.73 Å². The molecule has 1 heteroatoms. The summed E-state index contributed by atoms with van der Waals surface area (Å²) in [5.41, 5.74) is 6.17. The summed E-state index contributed by atoms with van der Waals surface area (Å²) in [5.74, 6) is 0. The molecule has 0 unspecified atom stereocenters. The van der Waals surface area contributed by atoms with Crippen molar-refractivity contribution < 1.29 is 0 Å². The highest BCUT2D eigenvalue weighted by Gasteiger charge is 2.08. The standard InChI is InChI=1S/C11H23N/c1-10(2,3)8-6-7-9-11(4,5)12/h6-7H,8-9,12H2,1-5H3/b7-6-. The molecule has 0 aliphatic carbocycles. The Bertz CT molecular complexity index is 125. The molecule has 72 valence electrons. The Kier molecular flexibility index (Phi) is 3.98. The molecule has 0 aromatic rings. The van der Waals surface area contributed by atoms with Gasteiger partial charge in [0, 0.05) is 5.54 Å². The van der Waals surface area contributed by atoms with Crippen LogP contribution in [0.25, 0.3) is 0 Å². The quantitative estimate of drug-likeness (QED) is 0.645. The van der Waals surface area contributed by atoms with Crippen molar-refractivity contribution in [1.82, 2.24) is 0 Å². The van der Waals surface area contributed by atoms with Crippen LogP contribution >= 0.6 is 0 Å². The number of hydrogen-bond donors (Lipinski definition) is 1. The van der Waals surface area contributed by atoms with Gasteiger partial charge in [-0.2, -0.15) is 0 Å². The molecule has 0 heterocycles. The van der Waals surface area contributed by atoms with Crippen LogP contribution in [0, 0.1) is 5.41 Å². The first-order chi connectivity index (χ1) is 5.21. The molecule has 0 aliphatic heterocycles. The maximum atomic E-state index is 5.83. The maximum Gasteiger partial charge on any atom is 0.0132 e. The number of allylic oxidation sites excluding steroid dienone is 1. The van der Waals surface area contributed by atoms with Crippen molar-refractivity contribution in [3.8, 4) is 0 Å². The zero-order chi connectivity index (χ0) is 9.83. The third-order valence-corrected chi connectivity index (χ3v) is 1.54. The van der Waals surface area contributed by atoms with Crippen molar-refractivity contribution >= 4 is 0 Å². The van der Waals surface area contributed by atoms with Crippen LogP contribution in [0.4, 0.5) is 0 Å². The maximum absolute atomic E-state index is 5.83. The van der Waals surface area contributed by atoms with Crippen molar-refractivity contribution in [1.29, 1.82) is 0 Å². The average molecular weight is 169 g/mol. The van der Waals surface area contributed by atoms with E-state index in [0.29, 0.717) is 5.41 Å². The van der Waals surface area contributed by atoms with Crippen LogP contribution in [-0.4, -0.2) is 5.54 Å². The molecular weight excluding hydrogens is 146 g/mol. The predicted octanol–water partition coefficient (Wildman–Crippen LogP) is 3.11. The SMILES string of the molecule is CC(C)(C)C/C=C\CC(C)(C)N. The topological polar surface area (TPSA) is 26.0 Å². The van der Waals surface area contributed by atoms with E-state index in [1.807, 2.05) is 0 Å². The molecule has 0 aromatic heterocycles. The zero-order valence-corrected chi connectivity index (χ0v) is 9.15. The molecule has 0 aliphatic rings. The second kappa shape index (κ2) is 4.08. The minimum atomic E-state index is -0.0611. The Morgan fingerprint density at radius 2 is 1.33 bits per heavy atom. The number of rotatable bonds is 3. The molecule has 0 atom stereocenters. The summed E-state index contributed by atoms with van der Waals surface area (Å²) in [6, 6.07) is 0. The van der Waals surface area contributed by atoms with E-state index in [1.165, 1.54) is 0 Å². The molecule has 0 aromatic carbocycles. The van der Waals surface area contributed by atoms with Gasteiger partial charge < -0.3 is 5.73 Å². The highest BCUT2D eigenvalue weighted by atomic mass is 14.7. The molecule has 1 nitrogen and oxygen atoms in total.